The highest BCUT2D eigenvalue weighted by Gasteiger charge is 2.27. The first kappa shape index (κ1) is 18.2. The number of nitrogens with one attached hydrogen (secondary N) is 1. The lowest BCUT2D eigenvalue weighted by atomic mass is 10.0. The van der Waals surface area contributed by atoms with E-state index in [9.17, 15) is 14.7 Å². The third kappa shape index (κ3) is 5.15. The zero-order valence-corrected chi connectivity index (χ0v) is 13.6. The summed E-state index contributed by atoms with van der Waals surface area (Å²) < 4.78 is 0. The lowest BCUT2D eigenvalue weighted by molar-refractivity contribution is -0.142. The van der Waals surface area contributed by atoms with Gasteiger partial charge in [-0.2, -0.15) is 0 Å². The van der Waals surface area contributed by atoms with E-state index in [0.29, 0.717) is 6.42 Å². The zero-order chi connectivity index (χ0) is 16.5. The van der Waals surface area contributed by atoms with Crippen LogP contribution in [0.1, 0.15) is 32.8 Å². The van der Waals surface area contributed by atoms with Crippen LogP contribution in [-0.2, 0) is 16.0 Å². The fourth-order valence-corrected chi connectivity index (χ4v) is 2.59. The molecular formula is C17H26N2O3. The summed E-state index contributed by atoms with van der Waals surface area (Å²) in [5, 5.41) is 12.0. The van der Waals surface area contributed by atoms with Gasteiger partial charge in [0.05, 0.1) is 6.04 Å². The summed E-state index contributed by atoms with van der Waals surface area (Å²) in [7, 11) is 0. The number of carbonyl (C=O) groups is 2. The molecule has 22 heavy (non-hydrogen) atoms. The molecule has 0 fully saturated rings. The van der Waals surface area contributed by atoms with E-state index in [1.807, 2.05) is 56.0 Å². The van der Waals surface area contributed by atoms with Gasteiger partial charge in [-0.25, -0.2) is 4.79 Å². The highest BCUT2D eigenvalue weighted by Crippen LogP contribution is 2.07. The van der Waals surface area contributed by atoms with Crippen LogP contribution < -0.4 is 5.32 Å². The van der Waals surface area contributed by atoms with E-state index in [2.05, 4.69) is 5.32 Å². The van der Waals surface area contributed by atoms with Crippen LogP contribution in [0.3, 0.4) is 0 Å². The molecule has 0 heterocycles. The Morgan fingerprint density at radius 2 is 1.73 bits per heavy atom. The van der Waals surface area contributed by atoms with Gasteiger partial charge in [-0.3, -0.25) is 9.69 Å². The molecule has 0 radical (unpaired) electrons. The van der Waals surface area contributed by atoms with Gasteiger partial charge in [-0.15, -0.1) is 0 Å². The third-order valence-corrected chi connectivity index (χ3v) is 3.84. The minimum atomic E-state index is -1.01. The maximum absolute atomic E-state index is 12.4. The number of likely N-dealkylation sites (N-methyl/N-ethyl adjacent to an activating group) is 1. The van der Waals surface area contributed by atoms with Gasteiger partial charge in [0.15, 0.2) is 0 Å². The molecule has 1 amide bonds. The van der Waals surface area contributed by atoms with Gasteiger partial charge in [0.25, 0.3) is 0 Å². The first-order valence-corrected chi connectivity index (χ1v) is 7.84. The zero-order valence-electron chi connectivity index (χ0n) is 13.6. The Balaban J connectivity index is 2.77. The van der Waals surface area contributed by atoms with Gasteiger partial charge < -0.3 is 10.4 Å². The molecule has 1 rings (SSSR count). The second kappa shape index (κ2) is 9.20. The SMILES string of the molecule is CCC(C(=O)N[C@H](Cc1ccccc1)C(=O)O)N(CC)CC. The summed E-state index contributed by atoms with van der Waals surface area (Å²) in [6.07, 6.45) is 0.946. The fraction of sp³-hybridized carbons (Fsp3) is 0.529. The van der Waals surface area contributed by atoms with E-state index >= 15 is 0 Å². The lowest BCUT2D eigenvalue weighted by Crippen LogP contribution is -2.52. The van der Waals surface area contributed by atoms with Crippen LogP contribution in [0.5, 0.6) is 0 Å². The summed E-state index contributed by atoms with van der Waals surface area (Å²) in [6, 6.07) is 8.15. The molecular weight excluding hydrogens is 280 g/mol. The molecule has 2 atom stereocenters. The molecule has 0 saturated carbocycles. The monoisotopic (exact) mass is 306 g/mol. The number of amides is 1. The molecule has 5 nitrogen and oxygen atoms in total. The fourth-order valence-electron chi connectivity index (χ4n) is 2.59. The first-order valence-electron chi connectivity index (χ1n) is 7.84. The van der Waals surface area contributed by atoms with Crippen LogP contribution in [0.2, 0.25) is 0 Å². The molecule has 1 aromatic carbocycles. The smallest absolute Gasteiger partial charge is 0.326 e. The molecule has 0 bridgehead atoms. The van der Waals surface area contributed by atoms with Crippen LogP contribution in [0.4, 0.5) is 0 Å². The molecule has 1 aromatic rings. The Morgan fingerprint density at radius 3 is 2.18 bits per heavy atom. The van der Waals surface area contributed by atoms with Crippen molar-refractivity contribution in [3.63, 3.8) is 0 Å². The Bertz CT molecular complexity index is 472. The number of carbonyl (C=O) groups excluding carboxylic acids is 1. The summed E-state index contributed by atoms with van der Waals surface area (Å²) >= 11 is 0. The Kier molecular flexibility index (Phi) is 7.60. The summed E-state index contributed by atoms with van der Waals surface area (Å²) in [6.45, 7) is 7.46. The highest BCUT2D eigenvalue weighted by atomic mass is 16.4. The molecule has 0 aromatic heterocycles. The van der Waals surface area contributed by atoms with Crippen molar-refractivity contribution >= 4 is 11.9 Å². The van der Waals surface area contributed by atoms with Crippen molar-refractivity contribution in [1.82, 2.24) is 10.2 Å². The van der Waals surface area contributed by atoms with Crippen molar-refractivity contribution in [3.8, 4) is 0 Å². The number of hydrogen-bond donors (Lipinski definition) is 2. The van der Waals surface area contributed by atoms with Gasteiger partial charge in [0.2, 0.25) is 5.91 Å². The average molecular weight is 306 g/mol. The molecule has 2 N–H and O–H groups in total. The van der Waals surface area contributed by atoms with E-state index < -0.39 is 12.0 Å². The maximum atomic E-state index is 12.4. The van der Waals surface area contributed by atoms with Gasteiger partial charge in [-0.1, -0.05) is 51.1 Å². The maximum Gasteiger partial charge on any atom is 0.326 e. The van der Waals surface area contributed by atoms with Crippen molar-refractivity contribution in [1.29, 1.82) is 0 Å². The number of carboxylic acids is 1. The van der Waals surface area contributed by atoms with E-state index in [4.69, 9.17) is 0 Å². The molecule has 122 valence electrons. The normalized spacial score (nSPS) is 13.6. The van der Waals surface area contributed by atoms with Gasteiger partial charge in [0.1, 0.15) is 6.04 Å². The van der Waals surface area contributed by atoms with Crippen LogP contribution >= 0.6 is 0 Å². The predicted molar refractivity (Wildman–Crippen MR) is 86.7 cm³/mol. The molecule has 0 aliphatic rings. The van der Waals surface area contributed by atoms with Crippen molar-refractivity contribution in [2.75, 3.05) is 13.1 Å². The minimum absolute atomic E-state index is 0.213. The number of hydrogen-bond acceptors (Lipinski definition) is 3. The van der Waals surface area contributed by atoms with Crippen LogP contribution in [0, 0.1) is 0 Å². The Morgan fingerprint density at radius 1 is 1.14 bits per heavy atom. The quantitative estimate of drug-likeness (QED) is 0.731. The second-order valence-electron chi connectivity index (χ2n) is 5.23. The van der Waals surface area contributed by atoms with Gasteiger partial charge >= 0.3 is 5.97 Å². The highest BCUT2D eigenvalue weighted by molar-refractivity contribution is 5.87. The molecule has 0 saturated heterocycles. The number of aliphatic carboxylic acids is 1. The number of rotatable bonds is 9. The Labute approximate surface area is 132 Å². The largest absolute Gasteiger partial charge is 0.480 e. The molecule has 0 spiro atoms. The molecule has 5 heteroatoms. The first-order chi connectivity index (χ1) is 10.5. The van der Waals surface area contributed by atoms with Crippen LogP contribution in [-0.4, -0.2) is 47.1 Å². The second-order valence-corrected chi connectivity index (χ2v) is 5.23. The van der Waals surface area contributed by atoms with E-state index in [0.717, 1.165) is 18.7 Å². The Hall–Kier alpha value is -1.88. The van der Waals surface area contributed by atoms with E-state index in [1.165, 1.54) is 0 Å². The standard InChI is InChI=1S/C17H26N2O3/c1-4-15(19(5-2)6-3)16(20)18-14(17(21)22)12-13-10-8-7-9-11-13/h7-11,14-15H,4-6,12H2,1-3H3,(H,18,20)(H,21,22)/t14-,15?/m1/s1. The van der Waals surface area contributed by atoms with Crippen molar-refractivity contribution in [2.24, 2.45) is 0 Å². The van der Waals surface area contributed by atoms with Crippen LogP contribution in [0.15, 0.2) is 30.3 Å². The summed E-state index contributed by atoms with van der Waals surface area (Å²) in [4.78, 5) is 25.9. The summed E-state index contributed by atoms with van der Waals surface area (Å²) in [5.41, 5.74) is 0.895. The predicted octanol–water partition coefficient (Wildman–Crippen LogP) is 1.92. The van der Waals surface area contributed by atoms with Crippen molar-refractivity contribution in [2.45, 2.75) is 45.7 Å². The molecule has 0 aliphatic carbocycles. The lowest BCUT2D eigenvalue weighted by Gasteiger charge is -2.28. The summed E-state index contributed by atoms with van der Waals surface area (Å²) in [5.74, 6) is -1.22. The number of benzene rings is 1. The van der Waals surface area contributed by atoms with Crippen molar-refractivity contribution in [3.05, 3.63) is 35.9 Å². The molecule has 0 aliphatic heterocycles. The van der Waals surface area contributed by atoms with E-state index in [-0.39, 0.29) is 18.4 Å². The number of carboxylic acid groups (broad SMARTS) is 1. The topological polar surface area (TPSA) is 69.6 Å². The average Bonchev–Trinajstić information content (AvgIpc) is 2.52. The van der Waals surface area contributed by atoms with Gasteiger partial charge in [-0.05, 0) is 25.1 Å². The molecule has 1 unspecified atom stereocenters. The van der Waals surface area contributed by atoms with Crippen molar-refractivity contribution < 1.29 is 14.7 Å². The van der Waals surface area contributed by atoms with Crippen LogP contribution in [0.25, 0.3) is 0 Å². The third-order valence-electron chi connectivity index (χ3n) is 3.84. The minimum Gasteiger partial charge on any atom is -0.480 e. The number of nitrogens with zero attached hydrogens (tertiary/aromatic N) is 1. The van der Waals surface area contributed by atoms with E-state index in [1.54, 1.807) is 0 Å². The van der Waals surface area contributed by atoms with Gasteiger partial charge in [0, 0.05) is 6.42 Å².